The summed E-state index contributed by atoms with van der Waals surface area (Å²) in [6.45, 7) is 0.791. The van der Waals surface area contributed by atoms with Crippen LogP contribution in [0.2, 0.25) is 0 Å². The Labute approximate surface area is 200 Å². The van der Waals surface area contributed by atoms with Gasteiger partial charge < -0.3 is 20.2 Å². The van der Waals surface area contributed by atoms with Gasteiger partial charge >= 0.3 is 6.09 Å². The van der Waals surface area contributed by atoms with Crippen molar-refractivity contribution in [3.63, 3.8) is 0 Å². The van der Waals surface area contributed by atoms with Gasteiger partial charge in [0.2, 0.25) is 5.91 Å². The number of fused-ring (bicyclic) bond motifs is 1. The van der Waals surface area contributed by atoms with Gasteiger partial charge in [0.25, 0.3) is 0 Å². The van der Waals surface area contributed by atoms with Crippen molar-refractivity contribution in [3.8, 4) is 11.3 Å². The van der Waals surface area contributed by atoms with E-state index in [4.69, 9.17) is 10.2 Å². The van der Waals surface area contributed by atoms with Crippen LogP contribution >= 0.6 is 0 Å². The summed E-state index contributed by atoms with van der Waals surface area (Å²) in [6.07, 6.45) is 0.736. The molecular formula is C25H23FN6O3. The van der Waals surface area contributed by atoms with Gasteiger partial charge in [-0.2, -0.15) is 0 Å². The second kappa shape index (κ2) is 9.05. The number of benzene rings is 2. The Bertz CT molecular complexity index is 1400. The summed E-state index contributed by atoms with van der Waals surface area (Å²) in [6, 6.07) is 17.2. The van der Waals surface area contributed by atoms with Crippen LogP contribution in [0.25, 0.3) is 16.9 Å². The molecule has 9 nitrogen and oxygen atoms in total. The average molecular weight is 474 g/mol. The van der Waals surface area contributed by atoms with Crippen LogP contribution in [0.5, 0.6) is 0 Å². The number of hydrogen-bond donors (Lipinski definition) is 2. The zero-order valence-electron chi connectivity index (χ0n) is 18.9. The second-order valence-corrected chi connectivity index (χ2v) is 8.49. The Hall–Kier alpha value is -4.47. The van der Waals surface area contributed by atoms with Gasteiger partial charge in [-0.3, -0.25) is 4.79 Å². The number of hydrogen-bond acceptors (Lipinski definition) is 5. The van der Waals surface area contributed by atoms with E-state index in [1.165, 1.54) is 12.1 Å². The Morgan fingerprint density at radius 3 is 2.74 bits per heavy atom. The minimum absolute atomic E-state index is 0.126. The Morgan fingerprint density at radius 1 is 1.20 bits per heavy atom. The normalized spacial score (nSPS) is 15.5. The fourth-order valence-corrected chi connectivity index (χ4v) is 4.29. The minimum Gasteiger partial charge on any atom is -0.465 e. The molecule has 2 aromatic heterocycles. The van der Waals surface area contributed by atoms with E-state index < -0.39 is 12.1 Å². The molecule has 3 heterocycles. The first-order valence-electron chi connectivity index (χ1n) is 11.1. The van der Waals surface area contributed by atoms with Gasteiger partial charge in [-0.25, -0.2) is 18.7 Å². The van der Waals surface area contributed by atoms with Gasteiger partial charge in [-0.1, -0.05) is 24.3 Å². The van der Waals surface area contributed by atoms with E-state index in [1.807, 2.05) is 54.4 Å². The van der Waals surface area contributed by atoms with E-state index in [0.29, 0.717) is 30.2 Å². The van der Waals surface area contributed by atoms with Crippen LogP contribution < -0.4 is 15.1 Å². The van der Waals surface area contributed by atoms with Gasteiger partial charge in [-0.05, 0) is 42.0 Å². The molecule has 1 saturated heterocycles. The predicted octanol–water partition coefficient (Wildman–Crippen LogP) is 3.54. The van der Waals surface area contributed by atoms with Crippen LogP contribution in [0.15, 0.2) is 66.9 Å². The number of anilines is 2. The highest BCUT2D eigenvalue weighted by molar-refractivity contribution is 5.96. The third-order valence-electron chi connectivity index (χ3n) is 5.98. The number of carboxylic acid groups (broad SMARTS) is 1. The molecule has 0 aliphatic carbocycles. The lowest BCUT2D eigenvalue weighted by molar-refractivity contribution is -0.117. The standard InChI is InChI=1S/C25H23FN6O3/c1-30(14-16-3-2-4-18(26)11-16)23-10-9-22-27-13-21(32(22)29-23)17-5-7-20(8-6-17)31-15-19(12-24(31)33)28-25(34)35/h2-11,13,19,28H,12,14-15H2,1H3,(H,34,35)/t19-/m0/s1. The molecule has 0 unspecified atom stereocenters. The molecule has 1 aliphatic rings. The maximum absolute atomic E-state index is 13.6. The van der Waals surface area contributed by atoms with Crippen LogP contribution in [0.3, 0.4) is 0 Å². The van der Waals surface area contributed by atoms with E-state index >= 15 is 0 Å². The zero-order chi connectivity index (χ0) is 24.5. The molecule has 178 valence electrons. The number of nitrogens with zero attached hydrogens (tertiary/aromatic N) is 5. The molecule has 0 saturated carbocycles. The molecule has 4 aromatic rings. The summed E-state index contributed by atoms with van der Waals surface area (Å²) in [5.41, 5.74) is 3.87. The molecule has 1 atom stereocenters. The molecule has 0 spiro atoms. The first-order chi connectivity index (χ1) is 16.9. The van der Waals surface area contributed by atoms with Crippen molar-refractivity contribution in [3.05, 3.63) is 78.2 Å². The van der Waals surface area contributed by atoms with Gasteiger partial charge in [0.1, 0.15) is 11.6 Å². The molecule has 35 heavy (non-hydrogen) atoms. The van der Waals surface area contributed by atoms with Gasteiger partial charge in [-0.15, -0.1) is 5.10 Å². The van der Waals surface area contributed by atoms with E-state index in [9.17, 15) is 14.0 Å². The number of aromatic nitrogens is 3. The molecule has 5 rings (SSSR count). The lowest BCUT2D eigenvalue weighted by atomic mass is 10.1. The monoisotopic (exact) mass is 474 g/mol. The molecule has 0 bridgehead atoms. The summed E-state index contributed by atoms with van der Waals surface area (Å²) in [5, 5.41) is 16.0. The lowest BCUT2D eigenvalue weighted by Crippen LogP contribution is -2.36. The summed E-state index contributed by atoms with van der Waals surface area (Å²) >= 11 is 0. The van der Waals surface area contributed by atoms with Crippen molar-refractivity contribution in [1.29, 1.82) is 0 Å². The number of halogens is 1. The highest BCUT2D eigenvalue weighted by atomic mass is 19.1. The predicted molar refractivity (Wildman–Crippen MR) is 129 cm³/mol. The summed E-state index contributed by atoms with van der Waals surface area (Å²) in [7, 11) is 1.89. The summed E-state index contributed by atoms with van der Waals surface area (Å²) in [5.74, 6) is 0.306. The molecule has 2 aromatic carbocycles. The van der Waals surface area contributed by atoms with Crippen LogP contribution in [0.4, 0.5) is 20.7 Å². The SMILES string of the molecule is CN(Cc1cccc(F)c1)c1ccc2ncc(-c3ccc(N4C[C@@H](NC(=O)O)CC4=O)cc3)n2n1. The fraction of sp³-hybridized carbons (Fsp3) is 0.200. The number of nitrogens with one attached hydrogen (secondary N) is 1. The zero-order valence-corrected chi connectivity index (χ0v) is 18.9. The third-order valence-corrected chi connectivity index (χ3v) is 5.98. The van der Waals surface area contributed by atoms with Crippen LogP contribution in [0.1, 0.15) is 12.0 Å². The Kier molecular flexibility index (Phi) is 5.77. The van der Waals surface area contributed by atoms with Crippen molar-refractivity contribution in [2.75, 3.05) is 23.4 Å². The topological polar surface area (TPSA) is 103 Å². The largest absolute Gasteiger partial charge is 0.465 e. The number of imidazole rings is 1. The molecular weight excluding hydrogens is 451 g/mol. The average Bonchev–Trinajstić information content (AvgIpc) is 3.41. The van der Waals surface area contributed by atoms with E-state index in [2.05, 4.69) is 10.3 Å². The van der Waals surface area contributed by atoms with Crippen molar-refractivity contribution >= 4 is 29.2 Å². The highest BCUT2D eigenvalue weighted by Gasteiger charge is 2.31. The summed E-state index contributed by atoms with van der Waals surface area (Å²) in [4.78, 5) is 31.2. The van der Waals surface area contributed by atoms with Crippen molar-refractivity contribution in [2.24, 2.45) is 0 Å². The Morgan fingerprint density at radius 2 is 2.00 bits per heavy atom. The number of carbonyl (C=O) groups is 2. The van der Waals surface area contributed by atoms with Crippen LogP contribution in [-0.2, 0) is 11.3 Å². The van der Waals surface area contributed by atoms with E-state index in [1.54, 1.807) is 21.7 Å². The van der Waals surface area contributed by atoms with Gasteiger partial charge in [0, 0.05) is 37.8 Å². The highest BCUT2D eigenvalue weighted by Crippen LogP contribution is 2.27. The maximum Gasteiger partial charge on any atom is 0.404 e. The number of carbonyl (C=O) groups excluding carboxylic acids is 1. The van der Waals surface area contributed by atoms with Crippen molar-refractivity contribution < 1.29 is 19.1 Å². The fourth-order valence-electron chi connectivity index (χ4n) is 4.29. The van der Waals surface area contributed by atoms with Crippen molar-refractivity contribution in [2.45, 2.75) is 19.0 Å². The lowest BCUT2D eigenvalue weighted by Gasteiger charge is -2.19. The number of rotatable bonds is 6. The molecule has 1 fully saturated rings. The first-order valence-corrected chi connectivity index (χ1v) is 11.1. The quantitative estimate of drug-likeness (QED) is 0.443. The minimum atomic E-state index is -1.14. The van der Waals surface area contributed by atoms with E-state index in [0.717, 1.165) is 16.8 Å². The second-order valence-electron chi connectivity index (χ2n) is 8.49. The van der Waals surface area contributed by atoms with Gasteiger partial charge in [0.15, 0.2) is 5.65 Å². The molecule has 0 radical (unpaired) electrons. The molecule has 2 amide bonds. The summed E-state index contributed by atoms with van der Waals surface area (Å²) < 4.78 is 15.3. The Balaban J connectivity index is 1.37. The van der Waals surface area contributed by atoms with E-state index in [-0.39, 0.29) is 18.1 Å². The molecule has 2 N–H and O–H groups in total. The molecule has 10 heteroatoms. The van der Waals surface area contributed by atoms with Crippen LogP contribution in [-0.4, -0.2) is 51.3 Å². The van der Waals surface area contributed by atoms with Crippen LogP contribution in [0, 0.1) is 5.82 Å². The smallest absolute Gasteiger partial charge is 0.404 e. The maximum atomic E-state index is 13.6. The number of amides is 2. The third kappa shape index (κ3) is 4.63. The van der Waals surface area contributed by atoms with Gasteiger partial charge in [0.05, 0.1) is 17.9 Å². The van der Waals surface area contributed by atoms with Crippen molar-refractivity contribution in [1.82, 2.24) is 19.9 Å². The molecule has 1 aliphatic heterocycles. The first kappa shape index (κ1) is 22.3.